The minimum Gasteiger partial charge on any atom is -0.375 e. The Balaban J connectivity index is 2.02. The van der Waals surface area contributed by atoms with Crippen LogP contribution in [0.15, 0.2) is 28.1 Å². The number of nitrogens with one attached hydrogen (secondary N) is 1. The quantitative estimate of drug-likeness (QED) is 0.768. The topological polar surface area (TPSA) is 66.4 Å². The normalized spacial score (nSPS) is 19.9. The zero-order valence-electron chi connectivity index (χ0n) is 11.4. The number of thiophene rings is 1. The van der Waals surface area contributed by atoms with E-state index < -0.39 is 11.5 Å². The van der Waals surface area contributed by atoms with Crippen LogP contribution in [0.25, 0.3) is 0 Å². The number of rotatable bonds is 3. The molecule has 0 fully saturated rings. The van der Waals surface area contributed by atoms with Crippen LogP contribution in [0.1, 0.15) is 27.2 Å². The van der Waals surface area contributed by atoms with Gasteiger partial charge in [0.05, 0.1) is 20.8 Å². The van der Waals surface area contributed by atoms with Crippen molar-refractivity contribution in [3.8, 4) is 0 Å². The van der Waals surface area contributed by atoms with Crippen LogP contribution >= 0.6 is 38.9 Å². The van der Waals surface area contributed by atoms with Gasteiger partial charge in [-0.25, -0.2) is 0 Å². The first kappa shape index (κ1) is 15.7. The summed E-state index contributed by atoms with van der Waals surface area (Å²) in [6, 6.07) is 6.78. The Hall–Kier alpha value is -1.21. The number of hydrogen-bond acceptors (Lipinski definition) is 4. The van der Waals surface area contributed by atoms with Gasteiger partial charge in [0.25, 0.3) is 5.91 Å². The van der Waals surface area contributed by atoms with E-state index in [9.17, 15) is 14.7 Å². The molecule has 1 aromatic carbocycles. The van der Waals surface area contributed by atoms with Gasteiger partial charge in [0.2, 0.25) is 0 Å². The summed E-state index contributed by atoms with van der Waals surface area (Å²) in [5, 5.41) is 13.7. The fourth-order valence-corrected chi connectivity index (χ4v) is 4.17. The molecule has 2 aromatic rings. The van der Waals surface area contributed by atoms with Gasteiger partial charge in [-0.3, -0.25) is 9.59 Å². The van der Waals surface area contributed by atoms with Crippen molar-refractivity contribution >= 4 is 56.2 Å². The van der Waals surface area contributed by atoms with Gasteiger partial charge < -0.3 is 10.4 Å². The fourth-order valence-electron chi connectivity index (χ4n) is 2.53. The number of halogens is 2. The molecule has 0 spiro atoms. The summed E-state index contributed by atoms with van der Waals surface area (Å²) in [7, 11) is 0. The Bertz CT molecular complexity index is 804. The number of carbonyl (C=O) groups excluding carboxylic acids is 2. The molecule has 1 aromatic heterocycles. The number of Topliss-reactive ketones (excluding diaryl/α,β-unsaturated/α-hetero) is 1. The molecule has 22 heavy (non-hydrogen) atoms. The molecule has 3 rings (SSSR count). The molecule has 0 bridgehead atoms. The second-order valence-electron chi connectivity index (χ2n) is 5.13. The minimum absolute atomic E-state index is 0.265. The highest BCUT2D eigenvalue weighted by molar-refractivity contribution is 9.11. The van der Waals surface area contributed by atoms with Crippen molar-refractivity contribution in [2.75, 3.05) is 5.32 Å². The lowest BCUT2D eigenvalue weighted by Crippen LogP contribution is -2.36. The number of carbonyl (C=O) groups is 2. The highest BCUT2D eigenvalue weighted by Crippen LogP contribution is 2.45. The van der Waals surface area contributed by atoms with Crippen molar-refractivity contribution in [2.24, 2.45) is 0 Å². The van der Waals surface area contributed by atoms with Gasteiger partial charge in [0.15, 0.2) is 11.4 Å². The van der Waals surface area contributed by atoms with E-state index >= 15 is 0 Å². The maximum Gasteiger partial charge on any atom is 0.261 e. The summed E-state index contributed by atoms with van der Waals surface area (Å²) < 4.78 is 0.813. The summed E-state index contributed by atoms with van der Waals surface area (Å²) in [6.45, 7) is 1.80. The Kier molecular flexibility index (Phi) is 3.89. The van der Waals surface area contributed by atoms with E-state index in [4.69, 9.17) is 11.6 Å². The van der Waals surface area contributed by atoms with Gasteiger partial charge in [0.1, 0.15) is 0 Å². The lowest BCUT2D eigenvalue weighted by atomic mass is 9.88. The van der Waals surface area contributed by atoms with Gasteiger partial charge in [-0.1, -0.05) is 17.7 Å². The number of hydrogen-bond donors (Lipinski definition) is 2. The summed E-state index contributed by atoms with van der Waals surface area (Å²) in [5.74, 6) is -0.929. The molecule has 1 amide bonds. The largest absolute Gasteiger partial charge is 0.375 e. The Morgan fingerprint density at radius 2 is 2.14 bits per heavy atom. The van der Waals surface area contributed by atoms with Crippen molar-refractivity contribution in [3.63, 3.8) is 0 Å². The second-order valence-corrected chi connectivity index (χ2v) is 8.00. The number of aryl methyl sites for hydroxylation is 1. The van der Waals surface area contributed by atoms with Crippen LogP contribution in [0.5, 0.6) is 0 Å². The third-order valence-corrected chi connectivity index (χ3v) is 5.63. The molecule has 1 atom stereocenters. The standard InChI is InChI=1S/C15H11BrClNO3S/c1-7-2-3-8(17)12-13(7)18-14(20)15(12,21)6-9(19)10-4-5-11(16)22-10/h2-5,21H,6H2,1H3,(H,18,20). The number of fused-ring (bicyclic) bond motifs is 1. The molecule has 114 valence electrons. The van der Waals surface area contributed by atoms with Gasteiger partial charge in [0, 0.05) is 10.6 Å². The third-order valence-electron chi connectivity index (χ3n) is 3.65. The van der Waals surface area contributed by atoms with E-state index in [1.807, 2.05) is 0 Å². The Morgan fingerprint density at radius 1 is 1.41 bits per heavy atom. The Morgan fingerprint density at radius 3 is 2.77 bits per heavy atom. The highest BCUT2D eigenvalue weighted by Gasteiger charge is 2.48. The molecule has 1 aliphatic rings. The lowest BCUT2D eigenvalue weighted by molar-refractivity contribution is -0.133. The molecule has 4 nitrogen and oxygen atoms in total. The molecule has 0 aliphatic carbocycles. The van der Waals surface area contributed by atoms with Crippen molar-refractivity contribution in [1.82, 2.24) is 0 Å². The van der Waals surface area contributed by atoms with Crippen LogP contribution < -0.4 is 5.32 Å². The van der Waals surface area contributed by atoms with E-state index in [0.29, 0.717) is 10.6 Å². The van der Waals surface area contributed by atoms with Crippen LogP contribution in [0.2, 0.25) is 5.02 Å². The maximum atomic E-state index is 12.4. The van der Waals surface area contributed by atoms with E-state index in [2.05, 4.69) is 21.2 Å². The first-order chi connectivity index (χ1) is 10.3. The van der Waals surface area contributed by atoms with Crippen LogP contribution in [-0.4, -0.2) is 16.8 Å². The molecule has 1 unspecified atom stereocenters. The summed E-state index contributed by atoms with van der Waals surface area (Å²) in [4.78, 5) is 25.1. The Labute approximate surface area is 144 Å². The van der Waals surface area contributed by atoms with Crippen LogP contribution in [-0.2, 0) is 10.4 Å². The average Bonchev–Trinajstić information content (AvgIpc) is 2.99. The smallest absolute Gasteiger partial charge is 0.261 e. The molecule has 2 N–H and O–H groups in total. The van der Waals surface area contributed by atoms with Crippen molar-refractivity contribution in [2.45, 2.75) is 18.9 Å². The van der Waals surface area contributed by atoms with E-state index in [1.54, 1.807) is 31.2 Å². The van der Waals surface area contributed by atoms with Crippen LogP contribution in [0, 0.1) is 6.92 Å². The molecule has 1 aliphatic heterocycles. The van der Waals surface area contributed by atoms with Gasteiger partial charge >= 0.3 is 0 Å². The maximum absolute atomic E-state index is 12.4. The minimum atomic E-state index is -1.94. The third kappa shape index (κ3) is 2.40. The second kappa shape index (κ2) is 5.45. The molecule has 7 heteroatoms. The predicted molar refractivity (Wildman–Crippen MR) is 89.7 cm³/mol. The molecule has 0 radical (unpaired) electrons. The van der Waals surface area contributed by atoms with Gasteiger partial charge in [-0.2, -0.15) is 0 Å². The van der Waals surface area contributed by atoms with Gasteiger partial charge in [-0.15, -0.1) is 11.3 Å². The first-order valence-corrected chi connectivity index (χ1v) is 8.43. The molecule has 2 heterocycles. The SMILES string of the molecule is Cc1ccc(Cl)c2c1NC(=O)C2(O)CC(=O)c1ccc(Br)s1. The summed E-state index contributed by atoms with van der Waals surface area (Å²) in [6.07, 6.45) is -0.345. The zero-order chi connectivity index (χ0) is 16.1. The first-order valence-electron chi connectivity index (χ1n) is 6.45. The number of aliphatic hydroxyl groups is 1. The van der Waals surface area contributed by atoms with Crippen LogP contribution in [0.3, 0.4) is 0 Å². The fraction of sp³-hybridized carbons (Fsp3) is 0.200. The molecule has 0 saturated carbocycles. The van der Waals surface area contributed by atoms with Crippen molar-refractivity contribution < 1.29 is 14.7 Å². The number of amides is 1. The molecular formula is C15H11BrClNO3S. The number of anilines is 1. The summed E-state index contributed by atoms with van der Waals surface area (Å²) in [5.41, 5.74) is -0.385. The average molecular weight is 401 g/mol. The lowest BCUT2D eigenvalue weighted by Gasteiger charge is -2.20. The zero-order valence-corrected chi connectivity index (χ0v) is 14.6. The van der Waals surface area contributed by atoms with E-state index in [0.717, 1.165) is 9.35 Å². The predicted octanol–water partition coefficient (Wildman–Crippen LogP) is 3.89. The summed E-state index contributed by atoms with van der Waals surface area (Å²) >= 11 is 10.7. The van der Waals surface area contributed by atoms with E-state index in [-0.39, 0.29) is 22.8 Å². The van der Waals surface area contributed by atoms with Crippen molar-refractivity contribution in [3.05, 3.63) is 49.1 Å². The molecular weight excluding hydrogens is 390 g/mol. The number of benzene rings is 1. The van der Waals surface area contributed by atoms with Crippen LogP contribution in [0.4, 0.5) is 5.69 Å². The van der Waals surface area contributed by atoms with E-state index in [1.165, 1.54) is 11.3 Å². The molecule has 0 saturated heterocycles. The number of ketones is 1. The highest BCUT2D eigenvalue weighted by atomic mass is 79.9. The van der Waals surface area contributed by atoms with Gasteiger partial charge in [-0.05, 0) is 46.6 Å². The monoisotopic (exact) mass is 399 g/mol. The van der Waals surface area contributed by atoms with Crippen molar-refractivity contribution in [1.29, 1.82) is 0 Å².